The standard InChI is InChI=1S/Ce.3NO3.Pr/c;3*2-1(3)4;/q;3*-1;+3. The molecule has 14 heteroatoms. The van der Waals surface area contributed by atoms with Crippen molar-refractivity contribution in [1.29, 1.82) is 0 Å². The molecule has 0 rings (SSSR count). The molecule has 0 spiro atoms. The summed E-state index contributed by atoms with van der Waals surface area (Å²) in [6, 6.07) is 0. The average Bonchev–Trinajstić information content (AvgIpc) is 1.54. The average molecular weight is 467 g/mol. The van der Waals surface area contributed by atoms with E-state index >= 15 is 0 Å². The molecule has 0 aromatic heterocycles. The summed E-state index contributed by atoms with van der Waals surface area (Å²) in [6.45, 7) is 0. The minimum Gasteiger partial charge on any atom is -0.356 e. The molecule has 0 saturated carbocycles. The maximum atomic E-state index is 8.25. The summed E-state index contributed by atoms with van der Waals surface area (Å²) < 4.78 is 0. The molecular formula is CeN3O9Pr. The SMILES string of the molecule is O=[N+]([O-])[O-].O=[N+]([O-])[O-].O=[N+]([O-])[O-].[Ce].[Pr+3]. The molecule has 0 aromatic carbocycles. The van der Waals surface area contributed by atoms with Gasteiger partial charge in [-0.15, -0.1) is 0 Å². The Hall–Kier alpha value is 0.340. The van der Waals surface area contributed by atoms with Gasteiger partial charge in [0, 0.05) is 41.7 Å². The van der Waals surface area contributed by atoms with Crippen LogP contribution < -0.4 is 0 Å². The number of hydrogen-bond acceptors (Lipinski definition) is 9. The molecule has 0 aliphatic carbocycles. The van der Waals surface area contributed by atoms with Gasteiger partial charge in [0.05, 0.1) is 15.3 Å². The summed E-state index contributed by atoms with van der Waals surface area (Å²) >= 11 is 0. The first-order valence-electron chi connectivity index (χ1n) is 1.64. The van der Waals surface area contributed by atoms with Crippen molar-refractivity contribution in [2.24, 2.45) is 0 Å². The topological polar surface area (TPSA) is 199 Å². The maximum absolute atomic E-state index is 8.25. The van der Waals surface area contributed by atoms with Crippen LogP contribution in [-0.4, -0.2) is 15.3 Å². The zero-order valence-electron chi connectivity index (χ0n) is 6.09. The Kier molecular flexibility index (Phi) is 48.7. The molecule has 0 amide bonds. The van der Waals surface area contributed by atoms with E-state index in [4.69, 9.17) is 46.0 Å². The molecule has 12 nitrogen and oxygen atoms in total. The molecule has 0 aromatic rings. The normalized spacial score (nSPS) is 5.14. The van der Waals surface area contributed by atoms with Crippen molar-refractivity contribution in [1.82, 2.24) is 0 Å². The monoisotopic (exact) mass is 467 g/mol. The molecule has 0 saturated heterocycles. The van der Waals surface area contributed by atoms with Gasteiger partial charge in [0.15, 0.2) is 0 Å². The van der Waals surface area contributed by atoms with Gasteiger partial charge in [0.25, 0.3) is 0 Å². The number of rotatable bonds is 0. The minimum absolute atomic E-state index is 0. The molecule has 0 aliphatic heterocycles. The van der Waals surface area contributed by atoms with E-state index in [0.29, 0.717) is 0 Å². The molecule has 0 unspecified atom stereocenters. The quantitative estimate of drug-likeness (QED) is 0.326. The van der Waals surface area contributed by atoms with Crippen molar-refractivity contribution in [3.63, 3.8) is 0 Å². The van der Waals surface area contributed by atoms with Crippen LogP contribution in [0.2, 0.25) is 0 Å². The van der Waals surface area contributed by atoms with Crippen LogP contribution in [0, 0.1) is 129 Å². The van der Waals surface area contributed by atoms with Crippen molar-refractivity contribution in [3.8, 4) is 0 Å². The summed E-state index contributed by atoms with van der Waals surface area (Å²) in [5.41, 5.74) is 0. The molecule has 0 bridgehead atoms. The van der Waals surface area contributed by atoms with Gasteiger partial charge in [-0.1, -0.05) is 0 Å². The van der Waals surface area contributed by atoms with E-state index < -0.39 is 15.3 Å². The van der Waals surface area contributed by atoms with Crippen LogP contribution >= 0.6 is 0 Å². The zero-order chi connectivity index (χ0) is 10.7. The van der Waals surface area contributed by atoms with Crippen molar-refractivity contribution in [3.05, 3.63) is 46.0 Å². The van der Waals surface area contributed by atoms with Gasteiger partial charge in [-0.2, -0.15) is 0 Å². The van der Waals surface area contributed by atoms with E-state index in [9.17, 15) is 0 Å². The molecule has 0 fully saturated rings. The van der Waals surface area contributed by atoms with Crippen LogP contribution in [0.3, 0.4) is 0 Å². The van der Waals surface area contributed by atoms with Crippen LogP contribution in [0.15, 0.2) is 0 Å². The Labute approximate surface area is 142 Å². The van der Waals surface area contributed by atoms with Gasteiger partial charge >= 0.3 is 41.3 Å². The summed E-state index contributed by atoms with van der Waals surface area (Å²) in [5.74, 6) is 0. The van der Waals surface area contributed by atoms with Crippen molar-refractivity contribution < 1.29 is 98.3 Å². The van der Waals surface area contributed by atoms with Gasteiger partial charge in [-0.3, -0.25) is 0 Å². The molecular weight excluding hydrogens is 467 g/mol. The Bertz CT molecular complexity index is 118. The summed E-state index contributed by atoms with van der Waals surface area (Å²) in [4.78, 5) is 24.8. The first kappa shape index (κ1) is 29.3. The van der Waals surface area contributed by atoms with Gasteiger partial charge in [-0.25, -0.2) is 0 Å². The van der Waals surface area contributed by atoms with Crippen LogP contribution in [0.4, 0.5) is 0 Å². The second-order valence-corrected chi connectivity index (χ2v) is 0.671. The fraction of sp³-hybridized carbons (Fsp3) is 0. The predicted octanol–water partition coefficient (Wildman–Crippen LogP) is -0.717. The molecule has 76 valence electrons. The van der Waals surface area contributed by atoms with Crippen LogP contribution in [-0.2, 0) is 0 Å². The van der Waals surface area contributed by atoms with Crippen molar-refractivity contribution >= 4 is 0 Å². The second-order valence-electron chi connectivity index (χ2n) is 0.671. The second kappa shape index (κ2) is 23.3. The Morgan fingerprint density at radius 3 is 0.571 bits per heavy atom. The van der Waals surface area contributed by atoms with Crippen molar-refractivity contribution in [2.45, 2.75) is 0 Å². The first-order valence-corrected chi connectivity index (χ1v) is 1.64. The van der Waals surface area contributed by atoms with E-state index in [-0.39, 0.29) is 83.0 Å². The zero-order valence-corrected chi connectivity index (χ0v) is 12.9. The predicted molar refractivity (Wildman–Crippen MR) is 31.1 cm³/mol. The number of nitrogens with zero attached hydrogens (tertiary/aromatic N) is 3. The summed E-state index contributed by atoms with van der Waals surface area (Å²) in [7, 11) is 0. The minimum atomic E-state index is -1.75. The Balaban J connectivity index is -0.0000000270. The third-order valence-electron chi connectivity index (χ3n) is 0. The largest absolute Gasteiger partial charge is 3.00 e. The van der Waals surface area contributed by atoms with E-state index in [1.807, 2.05) is 0 Å². The fourth-order valence-corrected chi connectivity index (χ4v) is 0. The smallest absolute Gasteiger partial charge is 0.356 e. The Morgan fingerprint density at radius 2 is 0.571 bits per heavy atom. The van der Waals surface area contributed by atoms with E-state index in [1.54, 1.807) is 0 Å². The fourth-order valence-electron chi connectivity index (χ4n) is 0. The van der Waals surface area contributed by atoms with E-state index in [2.05, 4.69) is 0 Å². The molecule has 14 heavy (non-hydrogen) atoms. The van der Waals surface area contributed by atoms with Gasteiger partial charge in [-0.05, 0) is 0 Å². The van der Waals surface area contributed by atoms with Crippen LogP contribution in [0.1, 0.15) is 0 Å². The van der Waals surface area contributed by atoms with Crippen molar-refractivity contribution in [2.75, 3.05) is 0 Å². The maximum Gasteiger partial charge on any atom is 3.00 e. The molecule has 0 radical (unpaired) electrons. The summed E-state index contributed by atoms with van der Waals surface area (Å²) in [6.07, 6.45) is 0. The third-order valence-corrected chi connectivity index (χ3v) is 0. The Morgan fingerprint density at radius 1 is 0.571 bits per heavy atom. The van der Waals surface area contributed by atoms with Gasteiger partial charge in [0.2, 0.25) is 0 Å². The van der Waals surface area contributed by atoms with E-state index in [1.165, 1.54) is 0 Å². The number of hydrogen-bond donors (Lipinski definition) is 0. The molecule has 0 atom stereocenters. The molecule has 0 aliphatic rings. The first-order chi connectivity index (χ1) is 5.20. The van der Waals surface area contributed by atoms with Gasteiger partial charge in [0.1, 0.15) is 0 Å². The molecule has 0 N–H and O–H groups in total. The third kappa shape index (κ3) is 13700. The van der Waals surface area contributed by atoms with Gasteiger partial charge < -0.3 is 46.0 Å². The molecule has 0 heterocycles. The summed E-state index contributed by atoms with van der Waals surface area (Å²) in [5, 5.41) is 44.2. The van der Waals surface area contributed by atoms with Crippen LogP contribution in [0.5, 0.6) is 0 Å². The van der Waals surface area contributed by atoms with E-state index in [0.717, 1.165) is 0 Å². The van der Waals surface area contributed by atoms with Crippen LogP contribution in [0.25, 0.3) is 0 Å².